The third-order valence-electron chi connectivity index (χ3n) is 7.40. The normalized spacial score (nSPS) is 18.5. The first-order valence-electron chi connectivity index (χ1n) is 13.7. The molecule has 36 heavy (non-hydrogen) atoms. The van der Waals surface area contributed by atoms with Gasteiger partial charge in [-0.15, -0.1) is 0 Å². The molecule has 2 aromatic heterocycles. The number of Topliss-reactive ketones (excluding diaryl/α,β-unsaturated/α-hetero) is 1. The van der Waals surface area contributed by atoms with Crippen molar-refractivity contribution in [3.8, 4) is 11.5 Å². The highest BCUT2D eigenvalue weighted by Crippen LogP contribution is 2.43. The number of aliphatic hydroxyl groups excluding tert-OH is 1. The molecule has 0 radical (unpaired) electrons. The van der Waals surface area contributed by atoms with Crippen LogP contribution in [0.3, 0.4) is 0 Å². The number of nitrogens with zero attached hydrogens (tertiary/aromatic N) is 1. The maximum Gasteiger partial charge on any atom is 0.176 e. The number of hydrogen-bond donors (Lipinski definition) is 3. The van der Waals surface area contributed by atoms with Crippen LogP contribution < -0.4 is 4.74 Å². The third-order valence-corrected chi connectivity index (χ3v) is 7.40. The molecule has 3 aromatic rings. The van der Waals surface area contributed by atoms with Gasteiger partial charge < -0.3 is 24.5 Å². The van der Waals surface area contributed by atoms with Gasteiger partial charge in [-0.05, 0) is 55.4 Å². The van der Waals surface area contributed by atoms with Crippen molar-refractivity contribution in [3.05, 3.63) is 47.9 Å². The molecule has 0 saturated carbocycles. The average molecular weight is 495 g/mol. The second kappa shape index (κ2) is 12.0. The molecule has 4 rings (SSSR count). The highest BCUT2D eigenvalue weighted by Gasteiger charge is 2.31. The van der Waals surface area contributed by atoms with Crippen LogP contribution in [0.1, 0.15) is 102 Å². The number of aromatic nitrogens is 2. The first-order chi connectivity index (χ1) is 17.4. The molecular formula is C30H42N2O4. The van der Waals surface area contributed by atoms with Crippen LogP contribution in [0.5, 0.6) is 11.5 Å². The molecule has 1 aromatic carbocycles. The Balaban J connectivity index is 1.42. The molecule has 6 heteroatoms. The van der Waals surface area contributed by atoms with Crippen molar-refractivity contribution in [2.75, 3.05) is 0 Å². The summed E-state index contributed by atoms with van der Waals surface area (Å²) < 4.78 is 8.65. The first kappa shape index (κ1) is 26.3. The minimum Gasteiger partial charge on any atom is -0.504 e. The summed E-state index contributed by atoms with van der Waals surface area (Å²) in [6.07, 6.45) is 11.4. The number of benzene rings is 1. The Hall–Kier alpha value is -2.73. The second-order valence-corrected chi connectivity index (χ2v) is 10.9. The maximum absolute atomic E-state index is 12.4. The number of ether oxygens (including phenoxy) is 1. The predicted molar refractivity (Wildman–Crippen MR) is 144 cm³/mol. The van der Waals surface area contributed by atoms with Crippen LogP contribution in [0.4, 0.5) is 0 Å². The monoisotopic (exact) mass is 494 g/mol. The number of fused-ring (bicyclic) bond motifs is 3. The molecule has 1 aliphatic rings. The summed E-state index contributed by atoms with van der Waals surface area (Å²) in [6, 6.07) is 7.50. The Morgan fingerprint density at radius 3 is 2.83 bits per heavy atom. The largest absolute Gasteiger partial charge is 0.504 e. The number of aromatic amines is 1. The molecule has 0 aliphatic carbocycles. The van der Waals surface area contributed by atoms with Gasteiger partial charge in [-0.3, -0.25) is 4.79 Å². The molecule has 0 saturated heterocycles. The van der Waals surface area contributed by atoms with Crippen LogP contribution in [-0.4, -0.2) is 31.7 Å². The van der Waals surface area contributed by atoms with E-state index in [0.717, 1.165) is 49.6 Å². The lowest BCUT2D eigenvalue weighted by Gasteiger charge is -2.33. The molecule has 3 heterocycles. The number of rotatable bonds is 13. The van der Waals surface area contributed by atoms with Gasteiger partial charge in [0.15, 0.2) is 17.7 Å². The molecule has 196 valence electrons. The van der Waals surface area contributed by atoms with E-state index in [4.69, 9.17) is 4.74 Å². The van der Waals surface area contributed by atoms with Gasteiger partial charge in [-0.2, -0.15) is 0 Å². The van der Waals surface area contributed by atoms with Crippen molar-refractivity contribution in [2.45, 2.75) is 103 Å². The summed E-state index contributed by atoms with van der Waals surface area (Å²) in [4.78, 5) is 15.7. The van der Waals surface area contributed by atoms with Crippen molar-refractivity contribution in [1.82, 2.24) is 9.55 Å². The summed E-state index contributed by atoms with van der Waals surface area (Å²) in [5, 5.41) is 21.9. The van der Waals surface area contributed by atoms with Gasteiger partial charge in [0.25, 0.3) is 0 Å². The van der Waals surface area contributed by atoms with E-state index in [9.17, 15) is 15.0 Å². The fraction of sp³-hybridized carbons (Fsp3) is 0.567. The van der Waals surface area contributed by atoms with Gasteiger partial charge in [-0.1, -0.05) is 46.1 Å². The van der Waals surface area contributed by atoms with Crippen LogP contribution >= 0.6 is 0 Å². The molecule has 0 spiro atoms. The summed E-state index contributed by atoms with van der Waals surface area (Å²) >= 11 is 0. The fourth-order valence-corrected chi connectivity index (χ4v) is 5.60. The SMILES string of the molecule is CCCCC[C@@H](O)CC(=O)CCc1ccc(O)c(O[C@H]2CC[C@H](CC(C)C)c3c4cc[nH]c4cn32)c1. The summed E-state index contributed by atoms with van der Waals surface area (Å²) in [5.74, 6) is 1.74. The van der Waals surface area contributed by atoms with Crippen LogP contribution in [0.25, 0.3) is 10.9 Å². The van der Waals surface area contributed by atoms with Gasteiger partial charge in [0.2, 0.25) is 0 Å². The van der Waals surface area contributed by atoms with Crippen LogP contribution in [0.15, 0.2) is 36.7 Å². The van der Waals surface area contributed by atoms with Crippen molar-refractivity contribution in [2.24, 2.45) is 5.92 Å². The Labute approximate surface area is 214 Å². The third kappa shape index (κ3) is 6.33. The number of nitrogens with one attached hydrogen (secondary N) is 1. The van der Waals surface area contributed by atoms with Crippen molar-refractivity contribution < 1.29 is 19.7 Å². The average Bonchev–Trinajstić information content (AvgIpc) is 3.43. The zero-order valence-corrected chi connectivity index (χ0v) is 22.0. The number of carbonyl (C=O) groups excluding carboxylic acids is 1. The summed E-state index contributed by atoms with van der Waals surface area (Å²) in [5.41, 5.74) is 3.38. The number of carbonyl (C=O) groups is 1. The lowest BCUT2D eigenvalue weighted by atomic mass is 9.86. The molecule has 0 amide bonds. The molecule has 0 unspecified atom stereocenters. The standard InChI is InChI=1S/C30H42N2O4/c1-4-5-6-7-23(33)18-24(34)11-8-21-9-12-27(35)28(17-21)36-29-13-10-22(16-20(2)3)30-25-14-15-31-26(25)19-32(29)30/h9,12,14-15,17,19-20,22-23,29,31,33,35H,4-8,10-11,13,16,18H2,1-3H3/t22-,23-,29+/m1/s1. The Morgan fingerprint density at radius 2 is 2.06 bits per heavy atom. The number of aryl methyl sites for hydroxylation is 1. The van der Waals surface area contributed by atoms with E-state index in [0.29, 0.717) is 36.8 Å². The van der Waals surface area contributed by atoms with E-state index in [1.165, 1.54) is 11.1 Å². The number of phenols is 1. The topological polar surface area (TPSA) is 87.5 Å². The van der Waals surface area contributed by atoms with Crippen molar-refractivity contribution in [1.29, 1.82) is 0 Å². The van der Waals surface area contributed by atoms with E-state index in [2.05, 4.69) is 42.6 Å². The van der Waals surface area contributed by atoms with E-state index < -0.39 is 6.10 Å². The maximum atomic E-state index is 12.4. The molecule has 3 N–H and O–H groups in total. The van der Waals surface area contributed by atoms with Crippen molar-refractivity contribution >= 4 is 16.7 Å². The number of unbranched alkanes of at least 4 members (excludes halogenated alkanes) is 2. The van der Waals surface area contributed by atoms with Gasteiger partial charge >= 0.3 is 0 Å². The smallest absolute Gasteiger partial charge is 0.176 e. The highest BCUT2D eigenvalue weighted by molar-refractivity contribution is 5.83. The lowest BCUT2D eigenvalue weighted by Crippen LogP contribution is -2.25. The summed E-state index contributed by atoms with van der Waals surface area (Å²) in [7, 11) is 0. The van der Waals surface area contributed by atoms with Gasteiger partial charge in [-0.25, -0.2) is 0 Å². The van der Waals surface area contributed by atoms with E-state index in [1.54, 1.807) is 6.07 Å². The van der Waals surface area contributed by atoms with E-state index in [1.807, 2.05) is 18.3 Å². The molecule has 0 bridgehead atoms. The minimum absolute atomic E-state index is 0.0741. The van der Waals surface area contributed by atoms with Gasteiger partial charge in [0.05, 0.1) is 11.6 Å². The predicted octanol–water partition coefficient (Wildman–Crippen LogP) is 7.01. The van der Waals surface area contributed by atoms with Crippen LogP contribution in [0, 0.1) is 5.92 Å². The summed E-state index contributed by atoms with van der Waals surface area (Å²) in [6.45, 7) is 6.67. The lowest BCUT2D eigenvalue weighted by molar-refractivity contribution is -0.121. The van der Waals surface area contributed by atoms with E-state index >= 15 is 0 Å². The molecule has 3 atom stereocenters. The van der Waals surface area contributed by atoms with E-state index in [-0.39, 0.29) is 24.2 Å². The quantitative estimate of drug-likeness (QED) is 0.223. The minimum atomic E-state index is -0.546. The number of aliphatic hydroxyl groups is 1. The Kier molecular flexibility index (Phi) is 8.78. The zero-order chi connectivity index (χ0) is 25.7. The zero-order valence-electron chi connectivity index (χ0n) is 22.0. The fourth-order valence-electron chi connectivity index (χ4n) is 5.60. The van der Waals surface area contributed by atoms with Gasteiger partial charge in [0, 0.05) is 48.7 Å². The van der Waals surface area contributed by atoms with Crippen LogP contribution in [-0.2, 0) is 11.2 Å². The highest BCUT2D eigenvalue weighted by atomic mass is 16.5. The van der Waals surface area contributed by atoms with Crippen molar-refractivity contribution in [3.63, 3.8) is 0 Å². The first-order valence-corrected chi connectivity index (χ1v) is 13.7. The molecule has 1 aliphatic heterocycles. The number of H-pyrrole nitrogens is 1. The Morgan fingerprint density at radius 1 is 1.22 bits per heavy atom. The number of phenolic OH excluding ortho intramolecular Hbond substituents is 1. The van der Waals surface area contributed by atoms with Crippen LogP contribution in [0.2, 0.25) is 0 Å². The Bertz CT molecular complexity index is 1150. The van der Waals surface area contributed by atoms with Gasteiger partial charge in [0.1, 0.15) is 5.78 Å². The molecular weight excluding hydrogens is 452 g/mol. The second-order valence-electron chi connectivity index (χ2n) is 10.9. The molecule has 6 nitrogen and oxygen atoms in total. The number of hydrogen-bond acceptors (Lipinski definition) is 4. The number of aromatic hydroxyl groups is 1. The number of ketones is 1. The molecule has 0 fully saturated rings.